The first-order valence-electron chi connectivity index (χ1n) is 9.68. The summed E-state index contributed by atoms with van der Waals surface area (Å²) < 4.78 is 16.7. The topological polar surface area (TPSA) is 44.8 Å². The van der Waals surface area contributed by atoms with Gasteiger partial charge in [-0.25, -0.2) is 4.79 Å². The fourth-order valence-corrected chi connectivity index (χ4v) is 2.83. The summed E-state index contributed by atoms with van der Waals surface area (Å²) in [5.74, 6) is 0.249. The minimum absolute atomic E-state index is 0.113. The molecule has 0 aliphatic carbocycles. The van der Waals surface area contributed by atoms with Crippen LogP contribution in [0.3, 0.4) is 0 Å². The second kappa shape index (κ2) is 10.6. The van der Waals surface area contributed by atoms with E-state index in [1.165, 1.54) is 11.1 Å². The first kappa shape index (κ1) is 22.4. The van der Waals surface area contributed by atoms with Crippen LogP contribution < -0.4 is 4.74 Å². The number of ether oxygens (including phenoxy) is 3. The number of rotatable bonds is 11. The van der Waals surface area contributed by atoms with Gasteiger partial charge in [-0.1, -0.05) is 69.0 Å². The molecule has 0 radical (unpaired) electrons. The molecular weight excluding hydrogens is 364 g/mol. The third-order valence-corrected chi connectivity index (χ3v) is 4.67. The zero-order chi connectivity index (χ0) is 21.3. The van der Waals surface area contributed by atoms with Crippen LogP contribution in [0.4, 0.5) is 0 Å². The molecule has 0 aliphatic rings. The lowest BCUT2D eigenvalue weighted by molar-refractivity contribution is -0.148. The fourth-order valence-electron chi connectivity index (χ4n) is 2.83. The second-order valence-corrected chi connectivity index (χ2v) is 7.46. The summed E-state index contributed by atoms with van der Waals surface area (Å²) in [4.78, 5) is 11.8. The van der Waals surface area contributed by atoms with Gasteiger partial charge in [-0.2, -0.15) is 0 Å². The van der Waals surface area contributed by atoms with Gasteiger partial charge in [0.15, 0.2) is 6.10 Å². The quantitative estimate of drug-likeness (QED) is 0.231. The van der Waals surface area contributed by atoms with Crippen molar-refractivity contribution in [2.24, 2.45) is 0 Å². The van der Waals surface area contributed by atoms with Gasteiger partial charge in [0.05, 0.1) is 13.2 Å². The van der Waals surface area contributed by atoms with E-state index in [2.05, 4.69) is 63.4 Å². The molecule has 0 amide bonds. The number of hydrogen-bond acceptors (Lipinski definition) is 4. The second-order valence-electron chi connectivity index (χ2n) is 7.46. The molecule has 4 nitrogen and oxygen atoms in total. The lowest BCUT2D eigenvalue weighted by Crippen LogP contribution is -2.30. The summed E-state index contributed by atoms with van der Waals surface area (Å²) >= 11 is 0. The van der Waals surface area contributed by atoms with E-state index in [0.29, 0.717) is 17.9 Å². The van der Waals surface area contributed by atoms with Crippen molar-refractivity contribution >= 4 is 5.97 Å². The van der Waals surface area contributed by atoms with Crippen molar-refractivity contribution in [1.29, 1.82) is 0 Å². The first-order valence-corrected chi connectivity index (χ1v) is 9.68. The van der Waals surface area contributed by atoms with E-state index in [1.54, 1.807) is 13.0 Å². The van der Waals surface area contributed by atoms with Gasteiger partial charge >= 0.3 is 5.97 Å². The Morgan fingerprint density at radius 3 is 2.24 bits per heavy atom. The van der Waals surface area contributed by atoms with Crippen molar-refractivity contribution < 1.29 is 19.0 Å². The SMILES string of the molecule is C=CCOCC(COc1ccc(C(C)(C)c2ccccc2)cc1)OC(=O)C(=C)C. The molecule has 0 heterocycles. The van der Waals surface area contributed by atoms with Crippen molar-refractivity contribution in [2.45, 2.75) is 32.3 Å². The van der Waals surface area contributed by atoms with Crippen LogP contribution in [0.2, 0.25) is 0 Å². The van der Waals surface area contributed by atoms with Crippen LogP contribution >= 0.6 is 0 Å². The summed E-state index contributed by atoms with van der Waals surface area (Å²) in [7, 11) is 0. The third-order valence-electron chi connectivity index (χ3n) is 4.67. The van der Waals surface area contributed by atoms with Gasteiger partial charge in [-0.3, -0.25) is 0 Å². The average molecular weight is 395 g/mol. The van der Waals surface area contributed by atoms with E-state index in [4.69, 9.17) is 14.2 Å². The monoisotopic (exact) mass is 394 g/mol. The molecule has 0 saturated carbocycles. The molecule has 0 N–H and O–H groups in total. The molecule has 4 heteroatoms. The number of carbonyl (C=O) groups excluding carboxylic acids is 1. The molecule has 0 saturated heterocycles. The van der Waals surface area contributed by atoms with Crippen molar-refractivity contribution in [1.82, 2.24) is 0 Å². The van der Waals surface area contributed by atoms with Crippen LogP contribution in [0, 0.1) is 0 Å². The van der Waals surface area contributed by atoms with Crippen LogP contribution in [0.15, 0.2) is 79.4 Å². The molecule has 2 aromatic carbocycles. The van der Waals surface area contributed by atoms with Crippen LogP contribution in [0.25, 0.3) is 0 Å². The molecule has 2 rings (SSSR count). The number of hydrogen-bond donors (Lipinski definition) is 0. The Morgan fingerprint density at radius 1 is 1.03 bits per heavy atom. The van der Waals surface area contributed by atoms with E-state index < -0.39 is 12.1 Å². The molecule has 1 unspecified atom stereocenters. The number of esters is 1. The Bertz CT molecular complexity index is 806. The van der Waals surface area contributed by atoms with Crippen molar-refractivity contribution in [2.75, 3.05) is 19.8 Å². The summed E-state index contributed by atoms with van der Waals surface area (Å²) in [6.07, 6.45) is 1.12. The van der Waals surface area contributed by atoms with Crippen molar-refractivity contribution in [3.05, 3.63) is 90.5 Å². The average Bonchev–Trinajstić information content (AvgIpc) is 2.72. The van der Waals surface area contributed by atoms with Gasteiger partial charge in [-0.05, 0) is 30.2 Å². The predicted octanol–water partition coefficient (Wildman–Crippen LogP) is 5.08. The lowest BCUT2D eigenvalue weighted by atomic mass is 9.78. The maximum atomic E-state index is 11.8. The Kier molecular flexibility index (Phi) is 8.22. The normalized spacial score (nSPS) is 12.1. The van der Waals surface area contributed by atoms with E-state index in [0.717, 1.165) is 0 Å². The van der Waals surface area contributed by atoms with Gasteiger partial charge in [0.25, 0.3) is 0 Å². The number of benzene rings is 2. The molecule has 1 atom stereocenters. The van der Waals surface area contributed by atoms with Crippen molar-refractivity contribution in [3.63, 3.8) is 0 Å². The third kappa shape index (κ3) is 6.61. The molecule has 2 aromatic rings. The summed E-state index contributed by atoms with van der Waals surface area (Å²) in [6.45, 7) is 14.0. The lowest BCUT2D eigenvalue weighted by Gasteiger charge is -2.26. The molecule has 0 fully saturated rings. The molecule has 0 aliphatic heterocycles. The van der Waals surface area contributed by atoms with Gasteiger partial charge < -0.3 is 14.2 Å². The highest BCUT2D eigenvalue weighted by Gasteiger charge is 2.23. The standard InChI is InChI=1S/C25H30O4/c1-6-16-27-17-23(29-24(26)19(2)3)18-28-22-14-12-21(13-15-22)25(4,5)20-10-8-7-9-11-20/h6-15,23H,1-2,16-18H2,3-5H3. The van der Waals surface area contributed by atoms with Gasteiger partial charge in [0.2, 0.25) is 0 Å². The summed E-state index contributed by atoms with van der Waals surface area (Å²) in [5, 5.41) is 0. The maximum Gasteiger partial charge on any atom is 0.333 e. The zero-order valence-electron chi connectivity index (χ0n) is 17.5. The van der Waals surface area contributed by atoms with E-state index in [9.17, 15) is 4.79 Å². The predicted molar refractivity (Wildman–Crippen MR) is 116 cm³/mol. The summed E-state index contributed by atoms with van der Waals surface area (Å²) in [5.41, 5.74) is 2.67. The van der Waals surface area contributed by atoms with Crippen LogP contribution in [0.5, 0.6) is 5.75 Å². The molecular formula is C25H30O4. The molecule has 154 valence electrons. The van der Waals surface area contributed by atoms with Gasteiger partial charge in [0, 0.05) is 11.0 Å². The minimum atomic E-state index is -0.528. The molecule has 0 spiro atoms. The Hall–Kier alpha value is -2.85. The van der Waals surface area contributed by atoms with E-state index in [1.807, 2.05) is 18.2 Å². The van der Waals surface area contributed by atoms with Gasteiger partial charge in [0.1, 0.15) is 12.4 Å². The van der Waals surface area contributed by atoms with Gasteiger partial charge in [-0.15, -0.1) is 6.58 Å². The van der Waals surface area contributed by atoms with E-state index in [-0.39, 0.29) is 18.6 Å². The number of carbonyl (C=O) groups is 1. The highest BCUT2D eigenvalue weighted by molar-refractivity contribution is 5.87. The fraction of sp³-hybridized carbons (Fsp3) is 0.320. The Morgan fingerprint density at radius 2 is 1.66 bits per heavy atom. The largest absolute Gasteiger partial charge is 0.490 e. The smallest absolute Gasteiger partial charge is 0.333 e. The highest BCUT2D eigenvalue weighted by Crippen LogP contribution is 2.32. The maximum absolute atomic E-state index is 11.8. The molecule has 29 heavy (non-hydrogen) atoms. The Labute approximate surface area is 173 Å². The molecule has 0 bridgehead atoms. The van der Waals surface area contributed by atoms with Crippen LogP contribution in [-0.2, 0) is 19.7 Å². The highest BCUT2D eigenvalue weighted by atomic mass is 16.6. The minimum Gasteiger partial charge on any atom is -0.490 e. The zero-order valence-corrected chi connectivity index (χ0v) is 17.5. The summed E-state index contributed by atoms with van der Waals surface area (Å²) in [6, 6.07) is 18.4. The first-order chi connectivity index (χ1) is 13.8. The van der Waals surface area contributed by atoms with Crippen LogP contribution in [0.1, 0.15) is 31.9 Å². The Balaban J connectivity index is 2.01. The van der Waals surface area contributed by atoms with Crippen LogP contribution in [-0.4, -0.2) is 31.9 Å². The van der Waals surface area contributed by atoms with E-state index >= 15 is 0 Å². The molecule has 0 aromatic heterocycles. The van der Waals surface area contributed by atoms with Crippen molar-refractivity contribution in [3.8, 4) is 5.75 Å².